The highest BCUT2D eigenvalue weighted by Gasteiger charge is 2.45. The lowest BCUT2D eigenvalue weighted by molar-refractivity contribution is 0.201. The lowest BCUT2D eigenvalue weighted by atomic mass is 9.68. The van der Waals surface area contributed by atoms with Gasteiger partial charge < -0.3 is 0 Å². The van der Waals surface area contributed by atoms with Crippen LogP contribution >= 0.6 is 0 Å². The molecule has 0 aliphatic carbocycles. The SMILES string of the molecule is Cc1ccc(S(=O)(=O)N2CC[C@@](C#N)(c3ccccc3)[C@@H](C)C2)cc1. The molecule has 0 saturated carbocycles. The van der Waals surface area contributed by atoms with Crippen molar-refractivity contribution >= 4 is 10.0 Å². The maximum absolute atomic E-state index is 12.9. The summed E-state index contributed by atoms with van der Waals surface area (Å²) in [6, 6.07) is 19.1. The molecule has 1 aliphatic heterocycles. The molecule has 2 atom stereocenters. The summed E-state index contributed by atoms with van der Waals surface area (Å²) in [5, 5.41) is 9.88. The summed E-state index contributed by atoms with van der Waals surface area (Å²) >= 11 is 0. The highest BCUT2D eigenvalue weighted by atomic mass is 32.2. The molecule has 0 radical (unpaired) electrons. The lowest BCUT2D eigenvalue weighted by Gasteiger charge is -2.42. The van der Waals surface area contributed by atoms with Crippen molar-refractivity contribution in [3.63, 3.8) is 0 Å². The minimum Gasteiger partial charge on any atom is -0.207 e. The van der Waals surface area contributed by atoms with E-state index in [1.165, 1.54) is 4.31 Å². The van der Waals surface area contributed by atoms with Crippen LogP contribution in [0.15, 0.2) is 59.5 Å². The molecule has 0 unspecified atom stereocenters. The van der Waals surface area contributed by atoms with Gasteiger partial charge in [0.05, 0.1) is 16.4 Å². The first-order valence-corrected chi connectivity index (χ1v) is 9.88. The third kappa shape index (κ3) is 3.08. The molecule has 2 aromatic carbocycles. The van der Waals surface area contributed by atoms with Crippen LogP contribution in [0, 0.1) is 24.2 Å². The van der Waals surface area contributed by atoms with Crippen LogP contribution in [-0.2, 0) is 15.4 Å². The second-order valence-electron chi connectivity index (χ2n) is 6.78. The van der Waals surface area contributed by atoms with Crippen LogP contribution in [0.3, 0.4) is 0 Å². The monoisotopic (exact) mass is 354 g/mol. The molecule has 0 bridgehead atoms. The molecule has 1 saturated heterocycles. The summed E-state index contributed by atoms with van der Waals surface area (Å²) in [6.07, 6.45) is 0.500. The third-order valence-corrected chi connectivity index (χ3v) is 7.10. The number of hydrogen-bond donors (Lipinski definition) is 0. The molecule has 25 heavy (non-hydrogen) atoms. The Morgan fingerprint density at radius 2 is 1.76 bits per heavy atom. The fourth-order valence-corrected chi connectivity index (χ4v) is 5.10. The predicted molar refractivity (Wildman–Crippen MR) is 97.5 cm³/mol. The van der Waals surface area contributed by atoms with Crippen LogP contribution in [0.2, 0.25) is 0 Å². The Morgan fingerprint density at radius 3 is 2.32 bits per heavy atom. The number of nitrogens with zero attached hydrogens (tertiary/aromatic N) is 2. The van der Waals surface area contributed by atoms with E-state index in [9.17, 15) is 13.7 Å². The van der Waals surface area contributed by atoms with E-state index >= 15 is 0 Å². The Hall–Kier alpha value is -2.16. The summed E-state index contributed by atoms with van der Waals surface area (Å²) in [6.45, 7) is 4.59. The van der Waals surface area contributed by atoms with E-state index in [0.29, 0.717) is 24.4 Å². The average Bonchev–Trinajstić information content (AvgIpc) is 2.63. The van der Waals surface area contributed by atoms with Crippen molar-refractivity contribution in [2.24, 2.45) is 5.92 Å². The van der Waals surface area contributed by atoms with E-state index < -0.39 is 15.4 Å². The smallest absolute Gasteiger partial charge is 0.207 e. The first kappa shape index (κ1) is 17.7. The van der Waals surface area contributed by atoms with Crippen molar-refractivity contribution in [2.45, 2.75) is 30.6 Å². The van der Waals surface area contributed by atoms with Gasteiger partial charge in [0, 0.05) is 13.1 Å². The van der Waals surface area contributed by atoms with E-state index in [2.05, 4.69) is 6.07 Å². The van der Waals surface area contributed by atoms with Crippen LogP contribution in [0.1, 0.15) is 24.5 Å². The molecular formula is C20H22N2O2S. The van der Waals surface area contributed by atoms with Gasteiger partial charge in [-0.1, -0.05) is 55.0 Å². The Labute approximate surface area is 149 Å². The number of nitriles is 1. The molecule has 1 heterocycles. The largest absolute Gasteiger partial charge is 0.243 e. The van der Waals surface area contributed by atoms with Gasteiger partial charge in [0.15, 0.2) is 0 Å². The zero-order chi connectivity index (χ0) is 18.1. The van der Waals surface area contributed by atoms with Crippen LogP contribution in [-0.4, -0.2) is 25.8 Å². The van der Waals surface area contributed by atoms with Crippen molar-refractivity contribution in [1.29, 1.82) is 5.26 Å². The maximum Gasteiger partial charge on any atom is 0.243 e. The van der Waals surface area contributed by atoms with Gasteiger partial charge in [-0.25, -0.2) is 8.42 Å². The maximum atomic E-state index is 12.9. The van der Waals surface area contributed by atoms with Gasteiger partial charge in [-0.3, -0.25) is 0 Å². The summed E-state index contributed by atoms with van der Waals surface area (Å²) in [5.74, 6) is -0.0890. The summed E-state index contributed by atoms with van der Waals surface area (Å²) < 4.78 is 27.4. The highest BCUT2D eigenvalue weighted by molar-refractivity contribution is 7.89. The zero-order valence-electron chi connectivity index (χ0n) is 14.5. The fourth-order valence-electron chi connectivity index (χ4n) is 3.57. The quantitative estimate of drug-likeness (QED) is 0.848. The first-order chi connectivity index (χ1) is 11.9. The molecule has 4 nitrogen and oxygen atoms in total. The molecular weight excluding hydrogens is 332 g/mol. The van der Waals surface area contributed by atoms with Crippen LogP contribution < -0.4 is 0 Å². The molecule has 1 aliphatic rings. The minimum absolute atomic E-state index is 0.0890. The standard InChI is InChI=1S/C20H22N2O2S/c1-16-8-10-19(11-9-16)25(23,24)22-13-12-20(15-21,17(2)14-22)18-6-4-3-5-7-18/h3-11,17H,12-14H2,1-2H3/t17-,20-/m0/s1. The molecule has 0 N–H and O–H groups in total. The number of sulfonamides is 1. The first-order valence-electron chi connectivity index (χ1n) is 8.44. The number of benzene rings is 2. The molecule has 0 aromatic heterocycles. The van der Waals surface area contributed by atoms with Gasteiger partial charge in [-0.05, 0) is 37.0 Å². The topological polar surface area (TPSA) is 61.2 Å². The van der Waals surface area contributed by atoms with E-state index in [1.54, 1.807) is 12.1 Å². The summed E-state index contributed by atoms with van der Waals surface area (Å²) in [4.78, 5) is 0.314. The molecule has 130 valence electrons. The summed E-state index contributed by atoms with van der Waals surface area (Å²) in [5.41, 5.74) is 1.36. The van der Waals surface area contributed by atoms with Crippen molar-refractivity contribution in [3.8, 4) is 6.07 Å². The molecule has 2 aromatic rings. The van der Waals surface area contributed by atoms with E-state index in [0.717, 1.165) is 11.1 Å². The van der Waals surface area contributed by atoms with Gasteiger partial charge in [0.1, 0.15) is 0 Å². The van der Waals surface area contributed by atoms with Crippen molar-refractivity contribution < 1.29 is 8.42 Å². The number of hydrogen-bond acceptors (Lipinski definition) is 3. The zero-order valence-corrected chi connectivity index (χ0v) is 15.3. The van der Waals surface area contributed by atoms with Gasteiger partial charge in [-0.2, -0.15) is 9.57 Å². The third-order valence-electron chi connectivity index (χ3n) is 5.22. The van der Waals surface area contributed by atoms with E-state index in [-0.39, 0.29) is 5.92 Å². The van der Waals surface area contributed by atoms with E-state index in [4.69, 9.17) is 0 Å². The van der Waals surface area contributed by atoms with Crippen molar-refractivity contribution in [3.05, 3.63) is 65.7 Å². The second kappa shape index (κ2) is 6.62. The van der Waals surface area contributed by atoms with E-state index in [1.807, 2.05) is 56.3 Å². The van der Waals surface area contributed by atoms with Crippen molar-refractivity contribution in [1.82, 2.24) is 4.31 Å². The fraction of sp³-hybridized carbons (Fsp3) is 0.350. The van der Waals surface area contributed by atoms with Crippen LogP contribution in [0.5, 0.6) is 0 Å². The molecule has 1 fully saturated rings. The number of piperidine rings is 1. The van der Waals surface area contributed by atoms with Crippen LogP contribution in [0.4, 0.5) is 0 Å². The Bertz CT molecular complexity index is 886. The van der Waals surface area contributed by atoms with Gasteiger partial charge in [-0.15, -0.1) is 0 Å². The Balaban J connectivity index is 1.89. The number of aryl methyl sites for hydroxylation is 1. The molecule has 0 amide bonds. The average molecular weight is 354 g/mol. The van der Waals surface area contributed by atoms with Crippen LogP contribution in [0.25, 0.3) is 0 Å². The van der Waals surface area contributed by atoms with Gasteiger partial charge in [0.2, 0.25) is 10.0 Å². The number of rotatable bonds is 3. The Morgan fingerprint density at radius 1 is 1.12 bits per heavy atom. The van der Waals surface area contributed by atoms with Gasteiger partial charge >= 0.3 is 0 Å². The molecule has 3 rings (SSSR count). The summed E-state index contributed by atoms with van der Waals surface area (Å²) in [7, 11) is -3.53. The molecule has 0 spiro atoms. The molecule has 5 heteroatoms. The van der Waals surface area contributed by atoms with Crippen molar-refractivity contribution in [2.75, 3.05) is 13.1 Å². The Kier molecular flexibility index (Phi) is 4.68. The second-order valence-corrected chi connectivity index (χ2v) is 8.71. The highest BCUT2D eigenvalue weighted by Crippen LogP contribution is 2.40. The van der Waals surface area contributed by atoms with Gasteiger partial charge in [0.25, 0.3) is 0 Å². The predicted octanol–water partition coefficient (Wildman–Crippen LogP) is 3.49. The normalized spacial score (nSPS) is 24.6. The lowest BCUT2D eigenvalue weighted by Crippen LogP contribution is -2.50. The minimum atomic E-state index is -3.53.